The van der Waals surface area contributed by atoms with Gasteiger partial charge in [-0.15, -0.1) is 0 Å². The molecule has 7 nitrogen and oxygen atoms in total. The fourth-order valence-electron chi connectivity index (χ4n) is 6.29. The first-order valence-corrected chi connectivity index (χ1v) is 13.9. The lowest BCUT2D eigenvalue weighted by Gasteiger charge is -2.47. The van der Waals surface area contributed by atoms with Gasteiger partial charge in [-0.05, 0) is 87.6 Å². The van der Waals surface area contributed by atoms with E-state index >= 15 is 0 Å². The monoisotopic (exact) mass is 494 g/mol. The summed E-state index contributed by atoms with van der Waals surface area (Å²) in [4.78, 5) is 17.3. The molecule has 3 saturated heterocycles. The van der Waals surface area contributed by atoms with Crippen molar-refractivity contribution in [1.29, 1.82) is 0 Å². The van der Waals surface area contributed by atoms with E-state index in [2.05, 4.69) is 24.1 Å². The zero-order chi connectivity index (χ0) is 24.5. The third-order valence-corrected chi connectivity index (χ3v) is 7.90. The lowest BCUT2D eigenvalue weighted by Crippen LogP contribution is -2.55. The zero-order valence-electron chi connectivity index (χ0n) is 20.4. The number of ether oxygens (including phenoxy) is 1. The molecule has 190 valence electrons. The van der Waals surface area contributed by atoms with Crippen LogP contribution in [0.3, 0.4) is 0 Å². The molecule has 0 aromatic heterocycles. The molecule has 4 heterocycles. The van der Waals surface area contributed by atoms with Crippen molar-refractivity contribution in [3.05, 3.63) is 29.6 Å². The Bertz CT molecular complexity index is 888. The Morgan fingerprint density at radius 3 is 2.44 bits per heavy atom. The molecule has 34 heavy (non-hydrogen) atoms. The van der Waals surface area contributed by atoms with E-state index in [9.17, 15) is 9.18 Å². The van der Waals surface area contributed by atoms with E-state index in [-0.39, 0.29) is 17.3 Å². The van der Waals surface area contributed by atoms with Crippen LogP contribution < -0.4 is 5.32 Å². The number of carbonyl (C=O) groups excluding carboxylic acids is 1. The summed E-state index contributed by atoms with van der Waals surface area (Å²) in [6.45, 7) is 7.68. The first kappa shape index (κ1) is 25.4. The summed E-state index contributed by atoms with van der Waals surface area (Å²) in [5.74, 6) is 0.237. The third-order valence-electron chi connectivity index (χ3n) is 7.90. The molecule has 4 aliphatic rings. The van der Waals surface area contributed by atoms with Gasteiger partial charge in [0.05, 0.1) is 6.61 Å². The fraction of sp³-hybridized carbons (Fsp3) is 0.720. The highest BCUT2D eigenvalue weighted by molar-refractivity contribution is 7.78. The summed E-state index contributed by atoms with van der Waals surface area (Å²) in [5, 5.41) is 3.50. The maximum absolute atomic E-state index is 13.9. The van der Waals surface area contributed by atoms with Crippen molar-refractivity contribution in [2.45, 2.75) is 75.9 Å². The number of nitrogens with zero attached hydrogens (tertiary/aromatic N) is 2. The van der Waals surface area contributed by atoms with Gasteiger partial charge in [-0.25, -0.2) is 9.18 Å². The number of piperidine rings is 2. The lowest BCUT2D eigenvalue weighted by molar-refractivity contribution is 0.0239. The normalized spacial score (nSPS) is 28.2. The average molecular weight is 495 g/mol. The molecule has 5 rings (SSSR count). The van der Waals surface area contributed by atoms with Gasteiger partial charge in [0.25, 0.3) is 0 Å². The molecule has 0 radical (unpaired) electrons. The van der Waals surface area contributed by atoms with Gasteiger partial charge in [0, 0.05) is 35.8 Å². The van der Waals surface area contributed by atoms with E-state index in [4.69, 9.17) is 13.5 Å². The van der Waals surface area contributed by atoms with Gasteiger partial charge in [0.1, 0.15) is 5.82 Å². The second kappa shape index (κ2) is 10.5. The molecule has 0 saturated carbocycles. The molecule has 0 aliphatic carbocycles. The van der Waals surface area contributed by atoms with Crippen molar-refractivity contribution in [3.63, 3.8) is 0 Å². The second-order valence-corrected chi connectivity index (χ2v) is 11.5. The van der Waals surface area contributed by atoms with E-state index in [0.29, 0.717) is 30.7 Å². The molecule has 1 amide bonds. The maximum atomic E-state index is 13.9. The van der Waals surface area contributed by atoms with Crippen LogP contribution in [0.5, 0.6) is 0 Å². The summed E-state index contributed by atoms with van der Waals surface area (Å²) >= 11 is -1.86. The number of halogens is 1. The molecule has 1 aromatic rings. The Labute approximate surface area is 204 Å². The first-order chi connectivity index (χ1) is 16.2. The van der Waals surface area contributed by atoms with Crippen LogP contribution >= 0.6 is 0 Å². The van der Waals surface area contributed by atoms with Crippen LogP contribution in [0.25, 0.3) is 0 Å². The van der Waals surface area contributed by atoms with Crippen LogP contribution in [0.15, 0.2) is 18.2 Å². The third kappa shape index (κ3) is 5.41. The van der Waals surface area contributed by atoms with Gasteiger partial charge in [-0.3, -0.25) is 4.21 Å². The number of hydrogen-bond donors (Lipinski definition) is 1. The zero-order valence-corrected chi connectivity index (χ0v) is 21.2. The van der Waals surface area contributed by atoms with Crippen LogP contribution in [0.4, 0.5) is 14.9 Å². The second-order valence-electron chi connectivity index (χ2n) is 10.6. The van der Waals surface area contributed by atoms with Gasteiger partial charge in [0.2, 0.25) is 0 Å². The van der Waals surface area contributed by atoms with Crippen molar-refractivity contribution in [2.75, 3.05) is 37.8 Å². The first-order valence-electron chi connectivity index (χ1n) is 12.4. The minimum Gasteiger partial charge on any atom is -0.773 e. The van der Waals surface area contributed by atoms with E-state index in [0.717, 1.165) is 70.1 Å². The van der Waals surface area contributed by atoms with Gasteiger partial charge in [-0.1, -0.05) is 24.9 Å². The number of rotatable bonds is 3. The Hall–Kier alpha value is -1.71. The van der Waals surface area contributed by atoms with E-state index in [1.54, 1.807) is 12.1 Å². The van der Waals surface area contributed by atoms with Crippen LogP contribution in [-0.2, 0) is 21.2 Å². The molecule has 1 spiro atoms. The number of likely N-dealkylation sites (tertiary alicyclic amines) is 1. The van der Waals surface area contributed by atoms with Crippen molar-refractivity contribution < 1.29 is 22.7 Å². The molecule has 1 aromatic carbocycles. The number of benzene rings is 1. The summed E-state index contributed by atoms with van der Waals surface area (Å²) < 4.78 is 37.4. The molecule has 3 fully saturated rings. The summed E-state index contributed by atoms with van der Waals surface area (Å²) in [6.07, 6.45) is 7.44. The number of anilines is 1. The lowest BCUT2D eigenvalue weighted by atomic mass is 9.73. The SMILES string of the molecule is CC(C)COC(=O)N1C2CCC1CC(N1CCC3(CC1)CNc1ccc(F)cc13)C2.CS(=O)[O-]. The van der Waals surface area contributed by atoms with Crippen LogP contribution in [-0.4, -0.2) is 75.3 Å². The Morgan fingerprint density at radius 2 is 1.85 bits per heavy atom. The number of fused-ring (bicyclic) bond motifs is 4. The van der Waals surface area contributed by atoms with Crippen LogP contribution in [0.1, 0.15) is 57.9 Å². The van der Waals surface area contributed by atoms with Gasteiger partial charge >= 0.3 is 6.09 Å². The Balaban J connectivity index is 0.000000636. The van der Waals surface area contributed by atoms with Crippen molar-refractivity contribution in [2.24, 2.45) is 5.92 Å². The van der Waals surface area contributed by atoms with Crippen LogP contribution in [0, 0.1) is 11.7 Å². The molecule has 3 atom stereocenters. The maximum Gasteiger partial charge on any atom is 0.410 e. The van der Waals surface area contributed by atoms with Gasteiger partial charge < -0.3 is 24.4 Å². The molecule has 2 bridgehead atoms. The number of amides is 1. The van der Waals surface area contributed by atoms with Crippen molar-refractivity contribution in [1.82, 2.24) is 9.80 Å². The van der Waals surface area contributed by atoms with Crippen molar-refractivity contribution >= 4 is 22.9 Å². The average Bonchev–Trinajstić information content (AvgIpc) is 3.26. The quantitative estimate of drug-likeness (QED) is 0.642. The predicted octanol–water partition coefficient (Wildman–Crippen LogP) is 3.87. The van der Waals surface area contributed by atoms with Crippen LogP contribution in [0.2, 0.25) is 0 Å². The summed E-state index contributed by atoms with van der Waals surface area (Å²) in [5.41, 5.74) is 2.36. The number of carbonyl (C=O) groups is 1. The topological polar surface area (TPSA) is 84.9 Å². The van der Waals surface area contributed by atoms with E-state index < -0.39 is 11.1 Å². The molecule has 9 heteroatoms. The molecule has 1 N–H and O–H groups in total. The standard InChI is InChI=1S/C24H34FN3O2.CH4O2S/c1-16(2)14-30-23(29)28-18-4-5-19(28)13-20(12-18)27-9-7-24(8-10-27)15-26-22-6-3-17(25)11-21(22)24;1-4(2)3/h3,6,11,16,18-20,26H,4-5,7-10,12-15H2,1-2H3;1H3,(H,2,3)/p-1. The smallest absolute Gasteiger partial charge is 0.410 e. The molecular formula is C25H37FN3O4S-. The molecule has 4 aliphatic heterocycles. The molecular weight excluding hydrogens is 457 g/mol. The van der Waals surface area contributed by atoms with Gasteiger partial charge in [0.15, 0.2) is 0 Å². The Morgan fingerprint density at radius 1 is 1.24 bits per heavy atom. The fourth-order valence-corrected chi connectivity index (χ4v) is 6.29. The van der Waals surface area contributed by atoms with Gasteiger partial charge in [-0.2, -0.15) is 0 Å². The molecule has 3 unspecified atom stereocenters. The van der Waals surface area contributed by atoms with E-state index in [1.807, 2.05) is 11.0 Å². The van der Waals surface area contributed by atoms with E-state index in [1.165, 1.54) is 5.56 Å². The largest absolute Gasteiger partial charge is 0.773 e. The minimum absolute atomic E-state index is 0.0776. The minimum atomic E-state index is -1.86. The highest BCUT2D eigenvalue weighted by atomic mass is 32.2. The Kier molecular flexibility index (Phi) is 7.84. The van der Waals surface area contributed by atoms with Crippen molar-refractivity contribution in [3.8, 4) is 0 Å². The highest BCUT2D eigenvalue weighted by Gasteiger charge is 2.48. The summed E-state index contributed by atoms with van der Waals surface area (Å²) in [6, 6.07) is 6.38. The summed E-state index contributed by atoms with van der Waals surface area (Å²) in [7, 11) is 0. The predicted molar refractivity (Wildman–Crippen MR) is 130 cm³/mol. The highest BCUT2D eigenvalue weighted by Crippen LogP contribution is 2.46. The number of hydrogen-bond acceptors (Lipinski definition) is 6. The number of nitrogens with one attached hydrogen (secondary N) is 1.